The van der Waals surface area contributed by atoms with E-state index in [1.165, 1.54) is 0 Å². The van der Waals surface area contributed by atoms with Gasteiger partial charge < -0.3 is 10.2 Å². The smallest absolute Gasteiger partial charge is 0.386 e. The molecule has 0 spiro atoms. The first-order chi connectivity index (χ1) is 4.73. The monoisotopic (exact) mass is 176 g/mol. The van der Waals surface area contributed by atoms with Crippen LogP contribution in [0.5, 0.6) is 0 Å². The van der Waals surface area contributed by atoms with Crippen LogP contribution >= 0.6 is 0 Å². The van der Waals surface area contributed by atoms with Gasteiger partial charge in [-0.1, -0.05) is 6.92 Å². The Bertz CT molecular complexity index is 131. The van der Waals surface area contributed by atoms with E-state index >= 15 is 0 Å². The quantitative estimate of drug-likeness (QED) is 0.629. The van der Waals surface area contributed by atoms with Crippen LogP contribution in [0.4, 0.5) is 17.6 Å². The lowest BCUT2D eigenvalue weighted by atomic mass is 10.1. The third-order valence-electron chi connectivity index (χ3n) is 1.21. The number of aliphatic hydroxyl groups excluding tert-OH is 1. The van der Waals surface area contributed by atoms with Gasteiger partial charge in [0.2, 0.25) is 0 Å². The van der Waals surface area contributed by atoms with Crippen molar-refractivity contribution >= 4 is 0 Å². The molecule has 0 aromatic carbocycles. The van der Waals surface area contributed by atoms with Crippen LogP contribution in [0.15, 0.2) is 0 Å². The lowest BCUT2D eigenvalue weighted by molar-refractivity contribution is -0.349. The van der Waals surface area contributed by atoms with Crippen molar-refractivity contribution in [3.63, 3.8) is 0 Å². The molecule has 0 rings (SSSR count). The van der Waals surface area contributed by atoms with Gasteiger partial charge in [-0.25, -0.2) is 0 Å². The highest BCUT2D eigenvalue weighted by Crippen LogP contribution is 2.35. The van der Waals surface area contributed by atoms with E-state index in [-0.39, 0.29) is 0 Å². The Morgan fingerprint density at radius 2 is 1.64 bits per heavy atom. The molecule has 0 fully saturated rings. The zero-order valence-electron chi connectivity index (χ0n) is 5.69. The van der Waals surface area contributed by atoms with E-state index < -0.39 is 24.6 Å². The van der Waals surface area contributed by atoms with Gasteiger partial charge >= 0.3 is 12.0 Å². The van der Waals surface area contributed by atoms with Crippen LogP contribution in [0.2, 0.25) is 0 Å². The van der Waals surface area contributed by atoms with Gasteiger partial charge in [0.05, 0.1) is 0 Å². The molecule has 0 saturated carbocycles. The summed E-state index contributed by atoms with van der Waals surface area (Å²) in [6.45, 7) is 1.10. The first-order valence-electron chi connectivity index (χ1n) is 2.89. The normalized spacial score (nSPS) is 16.6. The Morgan fingerprint density at radius 1 is 1.27 bits per heavy atom. The summed E-state index contributed by atoms with van der Waals surface area (Å²) in [5, 5.41) is 15.9. The van der Waals surface area contributed by atoms with Crippen molar-refractivity contribution in [2.24, 2.45) is 0 Å². The van der Waals surface area contributed by atoms with Crippen LogP contribution in [-0.2, 0) is 0 Å². The maximum atomic E-state index is 12.1. The maximum absolute atomic E-state index is 12.1. The average Bonchev–Trinajstić information content (AvgIpc) is 1.83. The standard InChI is InChI=1S/C5H8F4O2/c1-2-3(10)4(6,7)5(8,9)11/h3,10-11H,2H2,1H3. The van der Waals surface area contributed by atoms with Crippen LogP contribution in [0.1, 0.15) is 13.3 Å². The molecule has 0 saturated heterocycles. The number of halogens is 4. The SMILES string of the molecule is CCC(O)C(F)(F)C(O)(F)F. The molecule has 0 aromatic rings. The van der Waals surface area contributed by atoms with Crippen molar-refractivity contribution in [1.29, 1.82) is 0 Å². The van der Waals surface area contributed by atoms with Crippen molar-refractivity contribution in [3.05, 3.63) is 0 Å². The van der Waals surface area contributed by atoms with Crippen LogP contribution in [0.25, 0.3) is 0 Å². The van der Waals surface area contributed by atoms with E-state index in [1.807, 2.05) is 0 Å². The Labute approximate surface area is 60.4 Å². The summed E-state index contributed by atoms with van der Waals surface area (Å²) < 4.78 is 47.3. The fourth-order valence-corrected chi connectivity index (χ4v) is 0.457. The molecule has 0 aliphatic heterocycles. The predicted octanol–water partition coefficient (Wildman–Crippen LogP) is 0.978. The zero-order valence-corrected chi connectivity index (χ0v) is 5.69. The van der Waals surface area contributed by atoms with E-state index in [2.05, 4.69) is 0 Å². The number of alkyl halides is 4. The van der Waals surface area contributed by atoms with Gasteiger partial charge in [-0.3, -0.25) is 0 Å². The number of rotatable bonds is 3. The Hall–Kier alpha value is -0.360. The van der Waals surface area contributed by atoms with Gasteiger partial charge in [0.25, 0.3) is 0 Å². The zero-order chi connectivity index (χ0) is 9.28. The van der Waals surface area contributed by atoms with E-state index in [0.717, 1.165) is 6.92 Å². The molecule has 2 N–H and O–H groups in total. The summed E-state index contributed by atoms with van der Waals surface area (Å²) in [5.41, 5.74) is 0. The van der Waals surface area contributed by atoms with Gasteiger partial charge in [-0.15, -0.1) is 0 Å². The second-order valence-electron chi connectivity index (χ2n) is 2.09. The summed E-state index contributed by atoms with van der Waals surface area (Å²) in [4.78, 5) is 0. The third-order valence-corrected chi connectivity index (χ3v) is 1.21. The largest absolute Gasteiger partial charge is 0.419 e. The van der Waals surface area contributed by atoms with Gasteiger partial charge in [0.1, 0.15) is 6.10 Å². The molecule has 0 amide bonds. The van der Waals surface area contributed by atoms with E-state index in [4.69, 9.17) is 10.2 Å². The minimum Gasteiger partial charge on any atom is -0.386 e. The van der Waals surface area contributed by atoms with Crippen molar-refractivity contribution < 1.29 is 27.8 Å². The summed E-state index contributed by atoms with van der Waals surface area (Å²) in [7, 11) is 0. The van der Waals surface area contributed by atoms with Crippen LogP contribution in [0.3, 0.4) is 0 Å². The third kappa shape index (κ3) is 2.03. The molecule has 0 bridgehead atoms. The summed E-state index contributed by atoms with van der Waals surface area (Å²) >= 11 is 0. The fraction of sp³-hybridized carbons (Fsp3) is 1.00. The van der Waals surface area contributed by atoms with Gasteiger partial charge in [-0.2, -0.15) is 17.6 Å². The van der Waals surface area contributed by atoms with E-state index in [9.17, 15) is 17.6 Å². The van der Waals surface area contributed by atoms with E-state index in [1.54, 1.807) is 0 Å². The molecular weight excluding hydrogens is 168 g/mol. The van der Waals surface area contributed by atoms with Crippen LogP contribution in [-0.4, -0.2) is 28.3 Å². The Balaban J connectivity index is 4.45. The summed E-state index contributed by atoms with van der Waals surface area (Å²) in [5.74, 6) is -4.78. The lowest BCUT2D eigenvalue weighted by Crippen LogP contribution is -2.49. The summed E-state index contributed by atoms with van der Waals surface area (Å²) in [6, 6.07) is 0. The molecule has 0 aliphatic carbocycles. The van der Waals surface area contributed by atoms with Crippen LogP contribution < -0.4 is 0 Å². The van der Waals surface area contributed by atoms with Gasteiger partial charge in [-0.05, 0) is 6.42 Å². The second-order valence-corrected chi connectivity index (χ2v) is 2.09. The number of hydrogen-bond acceptors (Lipinski definition) is 2. The average molecular weight is 176 g/mol. The Kier molecular flexibility index (Phi) is 2.85. The molecule has 1 unspecified atom stereocenters. The van der Waals surface area contributed by atoms with Gasteiger partial charge in [0, 0.05) is 0 Å². The molecule has 2 nitrogen and oxygen atoms in total. The number of aliphatic hydroxyl groups is 2. The minimum absolute atomic E-state index is 0.552. The second kappa shape index (κ2) is 2.94. The lowest BCUT2D eigenvalue weighted by Gasteiger charge is -2.25. The Morgan fingerprint density at radius 3 is 1.73 bits per heavy atom. The molecule has 1 atom stereocenters. The molecule has 0 heterocycles. The topological polar surface area (TPSA) is 40.5 Å². The number of hydrogen-bond donors (Lipinski definition) is 2. The molecule has 68 valence electrons. The highest BCUT2D eigenvalue weighted by molar-refractivity contribution is 4.82. The fourth-order valence-electron chi connectivity index (χ4n) is 0.457. The molecule has 0 aliphatic rings. The molecular formula is C5H8F4O2. The van der Waals surface area contributed by atoms with Crippen molar-refractivity contribution in [1.82, 2.24) is 0 Å². The minimum atomic E-state index is -5.16. The highest BCUT2D eigenvalue weighted by Gasteiger charge is 2.59. The predicted molar refractivity (Wildman–Crippen MR) is 28.4 cm³/mol. The summed E-state index contributed by atoms with van der Waals surface area (Å²) in [6.07, 6.45) is -8.24. The highest BCUT2D eigenvalue weighted by atomic mass is 19.3. The first kappa shape index (κ1) is 10.6. The van der Waals surface area contributed by atoms with E-state index in [0.29, 0.717) is 0 Å². The first-order valence-corrected chi connectivity index (χ1v) is 2.89. The maximum Gasteiger partial charge on any atom is 0.419 e. The van der Waals surface area contributed by atoms with Crippen molar-refractivity contribution in [3.8, 4) is 0 Å². The van der Waals surface area contributed by atoms with Gasteiger partial charge in [0.15, 0.2) is 0 Å². The van der Waals surface area contributed by atoms with Crippen molar-refractivity contribution in [2.75, 3.05) is 0 Å². The molecule has 6 heteroatoms. The molecule has 0 radical (unpaired) electrons. The molecule has 11 heavy (non-hydrogen) atoms. The van der Waals surface area contributed by atoms with Crippen molar-refractivity contribution in [2.45, 2.75) is 31.5 Å². The van der Waals surface area contributed by atoms with Crippen LogP contribution in [0, 0.1) is 0 Å². The molecule has 0 aromatic heterocycles.